The number of nitrogens with zero attached hydrogens (tertiary/aromatic N) is 2. The molecule has 1 aromatic heterocycles. The molecule has 4 heteroatoms. The van der Waals surface area contributed by atoms with Crippen LogP contribution in [0.1, 0.15) is 5.69 Å². The molecule has 9 heavy (non-hydrogen) atoms. The fraction of sp³-hybridized carbons (Fsp3) is 0.200. The van der Waals surface area contributed by atoms with Crippen LogP contribution in [0, 0.1) is 6.92 Å². The van der Waals surface area contributed by atoms with Crippen LogP contribution in [0.2, 0.25) is 5.15 Å². The molecule has 3 nitrogen and oxygen atoms in total. The lowest BCUT2D eigenvalue weighted by atomic mass is 10.4. The fourth-order valence-electron chi connectivity index (χ4n) is 0.438. The molecule has 0 amide bonds. The molecular weight excluding hydrogens is 140 g/mol. The van der Waals surface area contributed by atoms with Gasteiger partial charge in [-0.2, -0.15) is 0 Å². The smallest absolute Gasteiger partial charge is 0.174 e. The molecule has 0 saturated heterocycles. The van der Waals surface area contributed by atoms with Crippen molar-refractivity contribution in [3.05, 3.63) is 17.2 Å². The SMILES string of the molecule is Cc1ncnc(Cl)c1O. The van der Waals surface area contributed by atoms with Crippen molar-refractivity contribution in [2.75, 3.05) is 0 Å². The van der Waals surface area contributed by atoms with Crippen LogP contribution in [0.5, 0.6) is 5.75 Å². The van der Waals surface area contributed by atoms with Gasteiger partial charge in [-0.1, -0.05) is 11.6 Å². The molecule has 1 N–H and O–H groups in total. The van der Waals surface area contributed by atoms with Crippen LogP contribution in [-0.4, -0.2) is 15.1 Å². The minimum Gasteiger partial charge on any atom is -0.503 e. The van der Waals surface area contributed by atoms with E-state index in [1.807, 2.05) is 0 Å². The van der Waals surface area contributed by atoms with E-state index in [1.165, 1.54) is 6.33 Å². The van der Waals surface area contributed by atoms with Gasteiger partial charge >= 0.3 is 0 Å². The molecule has 1 heterocycles. The lowest BCUT2D eigenvalue weighted by molar-refractivity contribution is 0.464. The first-order valence-electron chi connectivity index (χ1n) is 2.38. The predicted molar refractivity (Wildman–Crippen MR) is 33.4 cm³/mol. The number of hydrogen-bond donors (Lipinski definition) is 1. The highest BCUT2D eigenvalue weighted by atomic mass is 35.5. The largest absolute Gasteiger partial charge is 0.503 e. The molecule has 0 radical (unpaired) electrons. The van der Waals surface area contributed by atoms with E-state index in [4.69, 9.17) is 16.7 Å². The average Bonchev–Trinajstić information content (AvgIpc) is 1.83. The first kappa shape index (κ1) is 6.29. The Morgan fingerprint density at radius 3 is 2.67 bits per heavy atom. The number of hydrogen-bond acceptors (Lipinski definition) is 3. The van der Waals surface area contributed by atoms with Crippen molar-refractivity contribution >= 4 is 11.6 Å². The fourth-order valence-corrected chi connectivity index (χ4v) is 0.618. The molecule has 0 aliphatic carbocycles. The van der Waals surface area contributed by atoms with E-state index in [-0.39, 0.29) is 10.9 Å². The maximum absolute atomic E-state index is 8.95. The second-order valence-corrected chi connectivity index (χ2v) is 1.96. The van der Waals surface area contributed by atoms with Gasteiger partial charge in [-0.15, -0.1) is 0 Å². The first-order chi connectivity index (χ1) is 4.22. The van der Waals surface area contributed by atoms with Crippen molar-refractivity contribution in [3.63, 3.8) is 0 Å². The standard InChI is InChI=1S/C5H5ClN2O/c1-3-4(9)5(6)8-2-7-3/h2,9H,1H3. The summed E-state index contributed by atoms with van der Waals surface area (Å²) < 4.78 is 0. The molecular formula is C5H5ClN2O. The summed E-state index contributed by atoms with van der Waals surface area (Å²) in [6, 6.07) is 0. The van der Waals surface area contributed by atoms with Crippen LogP contribution in [0.15, 0.2) is 6.33 Å². The Bertz CT molecular complexity index is 206. The van der Waals surface area contributed by atoms with Crippen molar-refractivity contribution in [2.45, 2.75) is 6.92 Å². The Hall–Kier alpha value is -0.830. The molecule has 0 atom stereocenters. The summed E-state index contributed by atoms with van der Waals surface area (Å²) in [5, 5.41) is 9.05. The summed E-state index contributed by atoms with van der Waals surface area (Å²) in [6.45, 7) is 1.66. The zero-order chi connectivity index (χ0) is 6.85. The highest BCUT2D eigenvalue weighted by molar-refractivity contribution is 6.30. The van der Waals surface area contributed by atoms with Gasteiger partial charge in [0.25, 0.3) is 0 Å². The number of aromatic nitrogens is 2. The zero-order valence-corrected chi connectivity index (χ0v) is 5.55. The molecule has 0 unspecified atom stereocenters. The molecule has 0 spiro atoms. The van der Waals surface area contributed by atoms with Gasteiger partial charge in [0.05, 0.1) is 5.69 Å². The van der Waals surface area contributed by atoms with Crippen LogP contribution >= 0.6 is 11.6 Å². The van der Waals surface area contributed by atoms with Gasteiger partial charge in [0, 0.05) is 0 Å². The van der Waals surface area contributed by atoms with Crippen LogP contribution in [-0.2, 0) is 0 Å². The van der Waals surface area contributed by atoms with Crippen molar-refractivity contribution < 1.29 is 5.11 Å². The molecule has 0 aromatic carbocycles. The van der Waals surface area contributed by atoms with Gasteiger partial charge in [-0.05, 0) is 6.92 Å². The predicted octanol–water partition coefficient (Wildman–Crippen LogP) is 1.14. The molecule has 0 saturated carbocycles. The quantitative estimate of drug-likeness (QED) is 0.556. The highest BCUT2D eigenvalue weighted by Crippen LogP contribution is 2.20. The third kappa shape index (κ3) is 1.10. The Morgan fingerprint density at radius 2 is 2.22 bits per heavy atom. The van der Waals surface area contributed by atoms with E-state index in [2.05, 4.69) is 9.97 Å². The Morgan fingerprint density at radius 1 is 1.56 bits per heavy atom. The molecule has 0 bridgehead atoms. The molecule has 0 aliphatic heterocycles. The number of halogens is 1. The zero-order valence-electron chi connectivity index (χ0n) is 4.80. The van der Waals surface area contributed by atoms with Gasteiger partial charge in [0.2, 0.25) is 0 Å². The topological polar surface area (TPSA) is 46.0 Å². The molecule has 0 fully saturated rings. The van der Waals surface area contributed by atoms with Gasteiger partial charge in [-0.25, -0.2) is 9.97 Å². The van der Waals surface area contributed by atoms with Gasteiger partial charge < -0.3 is 5.11 Å². The van der Waals surface area contributed by atoms with E-state index in [0.29, 0.717) is 5.69 Å². The van der Waals surface area contributed by atoms with Crippen LogP contribution in [0.3, 0.4) is 0 Å². The Balaban J connectivity index is 3.25. The molecule has 1 aromatic rings. The third-order valence-corrected chi connectivity index (χ3v) is 1.24. The van der Waals surface area contributed by atoms with Crippen LogP contribution in [0.4, 0.5) is 0 Å². The van der Waals surface area contributed by atoms with E-state index in [0.717, 1.165) is 0 Å². The number of aromatic hydroxyl groups is 1. The summed E-state index contributed by atoms with van der Waals surface area (Å²) in [4.78, 5) is 7.24. The Kier molecular flexibility index (Phi) is 1.53. The lowest BCUT2D eigenvalue weighted by Crippen LogP contribution is -1.84. The highest BCUT2D eigenvalue weighted by Gasteiger charge is 2.00. The Labute approximate surface area is 57.3 Å². The van der Waals surface area contributed by atoms with E-state index < -0.39 is 0 Å². The molecule has 48 valence electrons. The maximum atomic E-state index is 8.95. The normalized spacial score (nSPS) is 9.56. The van der Waals surface area contributed by atoms with Crippen molar-refractivity contribution in [2.24, 2.45) is 0 Å². The third-order valence-electron chi connectivity index (χ3n) is 0.961. The number of aryl methyl sites for hydroxylation is 1. The molecule has 1 rings (SSSR count). The second kappa shape index (κ2) is 2.19. The summed E-state index contributed by atoms with van der Waals surface area (Å²) in [7, 11) is 0. The minimum absolute atomic E-state index is 0.0424. The van der Waals surface area contributed by atoms with Crippen molar-refractivity contribution in [3.8, 4) is 5.75 Å². The monoisotopic (exact) mass is 144 g/mol. The summed E-state index contributed by atoms with van der Waals surface area (Å²) >= 11 is 5.41. The maximum Gasteiger partial charge on any atom is 0.174 e. The summed E-state index contributed by atoms with van der Waals surface area (Å²) in [6.07, 6.45) is 1.30. The summed E-state index contributed by atoms with van der Waals surface area (Å²) in [5.74, 6) is -0.0424. The minimum atomic E-state index is -0.0424. The van der Waals surface area contributed by atoms with E-state index in [9.17, 15) is 0 Å². The van der Waals surface area contributed by atoms with Gasteiger partial charge in [0.15, 0.2) is 10.9 Å². The van der Waals surface area contributed by atoms with Gasteiger partial charge in [-0.3, -0.25) is 0 Å². The molecule has 0 aliphatic rings. The summed E-state index contributed by atoms with van der Waals surface area (Å²) in [5.41, 5.74) is 0.495. The average molecular weight is 145 g/mol. The first-order valence-corrected chi connectivity index (χ1v) is 2.75. The van der Waals surface area contributed by atoms with Crippen LogP contribution < -0.4 is 0 Å². The van der Waals surface area contributed by atoms with Crippen molar-refractivity contribution in [1.29, 1.82) is 0 Å². The van der Waals surface area contributed by atoms with E-state index in [1.54, 1.807) is 6.92 Å². The number of rotatable bonds is 0. The van der Waals surface area contributed by atoms with E-state index >= 15 is 0 Å². The van der Waals surface area contributed by atoms with Crippen LogP contribution in [0.25, 0.3) is 0 Å². The van der Waals surface area contributed by atoms with Gasteiger partial charge in [0.1, 0.15) is 6.33 Å². The lowest BCUT2D eigenvalue weighted by Gasteiger charge is -1.95. The van der Waals surface area contributed by atoms with Crippen molar-refractivity contribution in [1.82, 2.24) is 9.97 Å². The second-order valence-electron chi connectivity index (χ2n) is 1.60.